The van der Waals surface area contributed by atoms with Gasteiger partial charge in [0.15, 0.2) is 5.78 Å². The van der Waals surface area contributed by atoms with Crippen molar-refractivity contribution in [3.8, 4) is 0 Å². The van der Waals surface area contributed by atoms with Crippen molar-refractivity contribution in [1.29, 1.82) is 0 Å². The number of hydrogen-bond donors (Lipinski definition) is 2. The first kappa shape index (κ1) is 19.8. The van der Waals surface area contributed by atoms with Crippen LogP contribution in [-0.2, 0) is 4.74 Å². The minimum absolute atomic E-state index is 0.0349. The van der Waals surface area contributed by atoms with Gasteiger partial charge in [-0.05, 0) is 61.5 Å². The molecule has 0 bridgehead atoms. The third-order valence-electron chi connectivity index (χ3n) is 4.13. The lowest BCUT2D eigenvalue weighted by Gasteiger charge is -2.09. The highest BCUT2D eigenvalue weighted by atomic mass is 16.5. The van der Waals surface area contributed by atoms with E-state index in [1.807, 2.05) is 0 Å². The van der Waals surface area contributed by atoms with E-state index >= 15 is 0 Å². The molecule has 2 aromatic carbocycles. The van der Waals surface area contributed by atoms with E-state index in [2.05, 4.69) is 15.6 Å². The first-order valence-corrected chi connectivity index (χ1v) is 8.80. The molecule has 0 fully saturated rings. The molecule has 1 aromatic heterocycles. The number of nitrogens with one attached hydrogen (secondary N) is 2. The van der Waals surface area contributed by atoms with Gasteiger partial charge in [-0.1, -0.05) is 6.07 Å². The zero-order chi connectivity index (χ0) is 20.8. The summed E-state index contributed by atoms with van der Waals surface area (Å²) in [6.45, 7) is 1.49. The summed E-state index contributed by atoms with van der Waals surface area (Å²) < 4.78 is 4.71. The van der Waals surface area contributed by atoms with Gasteiger partial charge in [-0.3, -0.25) is 9.59 Å². The van der Waals surface area contributed by atoms with Crippen molar-refractivity contribution in [2.24, 2.45) is 0 Å². The Hall–Kier alpha value is -4.00. The molecule has 0 radical (unpaired) electrons. The third-order valence-corrected chi connectivity index (χ3v) is 4.13. The van der Waals surface area contributed by atoms with E-state index in [0.29, 0.717) is 33.9 Å². The smallest absolute Gasteiger partial charge is 0.337 e. The summed E-state index contributed by atoms with van der Waals surface area (Å²) in [4.78, 5) is 39.5. The molecule has 0 aliphatic rings. The number of rotatable bonds is 6. The molecule has 7 nitrogen and oxygen atoms in total. The predicted molar refractivity (Wildman–Crippen MR) is 110 cm³/mol. The summed E-state index contributed by atoms with van der Waals surface area (Å²) in [5.41, 5.74) is 2.64. The molecule has 7 heteroatoms. The zero-order valence-electron chi connectivity index (χ0n) is 15.9. The van der Waals surface area contributed by atoms with Crippen LogP contribution < -0.4 is 10.6 Å². The second-order valence-corrected chi connectivity index (χ2v) is 6.22. The summed E-state index contributed by atoms with van der Waals surface area (Å²) in [5, 5.41) is 5.83. The van der Waals surface area contributed by atoms with Crippen LogP contribution >= 0.6 is 0 Å². The Morgan fingerprint density at radius 3 is 2.21 bits per heavy atom. The lowest BCUT2D eigenvalue weighted by atomic mass is 10.1. The van der Waals surface area contributed by atoms with Gasteiger partial charge in [0, 0.05) is 23.1 Å². The number of ether oxygens (including phenoxy) is 1. The van der Waals surface area contributed by atoms with Crippen LogP contribution in [0.2, 0.25) is 0 Å². The number of benzene rings is 2. The average molecular weight is 389 g/mol. The SMILES string of the molecule is COC(=O)c1cccc(Nc2ccc(C(=O)Nc3ccc(C(C)=O)cc3)cn2)c1. The van der Waals surface area contributed by atoms with E-state index in [4.69, 9.17) is 4.74 Å². The van der Waals surface area contributed by atoms with Crippen LogP contribution in [0.1, 0.15) is 38.0 Å². The second kappa shape index (κ2) is 8.79. The summed E-state index contributed by atoms with van der Waals surface area (Å²) in [6, 6.07) is 16.8. The number of carbonyl (C=O) groups is 3. The van der Waals surface area contributed by atoms with E-state index in [9.17, 15) is 14.4 Å². The highest BCUT2D eigenvalue weighted by molar-refractivity contribution is 6.04. The number of pyridine rings is 1. The highest BCUT2D eigenvalue weighted by Crippen LogP contribution is 2.18. The van der Waals surface area contributed by atoms with Gasteiger partial charge in [0.05, 0.1) is 18.2 Å². The fourth-order valence-corrected chi connectivity index (χ4v) is 2.58. The summed E-state index contributed by atoms with van der Waals surface area (Å²) in [7, 11) is 1.32. The van der Waals surface area contributed by atoms with Gasteiger partial charge in [0.25, 0.3) is 5.91 Å². The van der Waals surface area contributed by atoms with Crippen LogP contribution in [0, 0.1) is 0 Å². The van der Waals surface area contributed by atoms with Gasteiger partial charge in [-0.15, -0.1) is 0 Å². The molecule has 0 aliphatic carbocycles. The van der Waals surface area contributed by atoms with Crippen molar-refractivity contribution in [1.82, 2.24) is 4.98 Å². The first-order valence-electron chi connectivity index (χ1n) is 8.80. The highest BCUT2D eigenvalue weighted by Gasteiger charge is 2.09. The Labute approximate surface area is 167 Å². The Morgan fingerprint density at radius 1 is 0.862 bits per heavy atom. The van der Waals surface area contributed by atoms with Crippen molar-refractivity contribution in [2.75, 3.05) is 17.7 Å². The Balaban J connectivity index is 1.66. The number of carbonyl (C=O) groups excluding carboxylic acids is 3. The molecule has 0 saturated heterocycles. The topological polar surface area (TPSA) is 97.4 Å². The van der Waals surface area contributed by atoms with Crippen molar-refractivity contribution < 1.29 is 19.1 Å². The molecule has 0 unspecified atom stereocenters. The van der Waals surface area contributed by atoms with E-state index in [1.165, 1.54) is 20.2 Å². The molecule has 29 heavy (non-hydrogen) atoms. The average Bonchev–Trinajstić information content (AvgIpc) is 2.74. The fraction of sp³-hybridized carbons (Fsp3) is 0.0909. The number of anilines is 3. The Bertz CT molecular complexity index is 1040. The molecule has 146 valence electrons. The van der Waals surface area contributed by atoms with Crippen molar-refractivity contribution in [3.05, 3.63) is 83.6 Å². The molecular formula is C22H19N3O4. The maximum absolute atomic E-state index is 12.4. The van der Waals surface area contributed by atoms with Gasteiger partial charge < -0.3 is 15.4 Å². The predicted octanol–water partition coefficient (Wildman–Crippen LogP) is 4.07. The number of esters is 1. The van der Waals surface area contributed by atoms with Crippen LogP contribution in [0.4, 0.5) is 17.2 Å². The van der Waals surface area contributed by atoms with E-state index in [1.54, 1.807) is 60.7 Å². The number of hydrogen-bond acceptors (Lipinski definition) is 6. The number of methoxy groups -OCH3 is 1. The Morgan fingerprint density at radius 2 is 1.59 bits per heavy atom. The lowest BCUT2D eigenvalue weighted by Crippen LogP contribution is -2.12. The number of amides is 1. The summed E-state index contributed by atoms with van der Waals surface area (Å²) >= 11 is 0. The van der Waals surface area contributed by atoms with Gasteiger partial charge >= 0.3 is 5.97 Å². The number of ketones is 1. The van der Waals surface area contributed by atoms with Crippen LogP contribution in [0.25, 0.3) is 0 Å². The summed E-state index contributed by atoms with van der Waals surface area (Å²) in [5.74, 6) is -0.251. The zero-order valence-corrected chi connectivity index (χ0v) is 15.9. The Kier molecular flexibility index (Phi) is 5.99. The molecule has 1 heterocycles. The van der Waals surface area contributed by atoms with Crippen LogP contribution in [0.5, 0.6) is 0 Å². The van der Waals surface area contributed by atoms with E-state index in [-0.39, 0.29) is 11.7 Å². The van der Waals surface area contributed by atoms with Gasteiger partial charge in [-0.2, -0.15) is 0 Å². The van der Waals surface area contributed by atoms with Crippen molar-refractivity contribution >= 4 is 34.9 Å². The first-order chi connectivity index (χ1) is 14.0. The standard InChI is InChI=1S/C22H19N3O4/c1-14(26)15-6-9-18(10-7-15)25-21(27)17-8-11-20(23-13-17)24-19-5-3-4-16(12-19)22(28)29-2/h3-13H,1-2H3,(H,23,24)(H,25,27). The summed E-state index contributed by atoms with van der Waals surface area (Å²) in [6.07, 6.45) is 1.45. The minimum Gasteiger partial charge on any atom is -0.465 e. The normalized spacial score (nSPS) is 10.1. The van der Waals surface area contributed by atoms with Crippen molar-refractivity contribution in [3.63, 3.8) is 0 Å². The minimum atomic E-state index is -0.426. The molecule has 0 saturated carbocycles. The third kappa shape index (κ3) is 5.04. The van der Waals surface area contributed by atoms with Gasteiger partial charge in [0.2, 0.25) is 0 Å². The maximum atomic E-state index is 12.4. The molecule has 3 rings (SSSR count). The molecule has 0 atom stereocenters. The number of nitrogens with zero attached hydrogens (tertiary/aromatic N) is 1. The quantitative estimate of drug-likeness (QED) is 0.487. The van der Waals surface area contributed by atoms with Crippen molar-refractivity contribution in [2.45, 2.75) is 6.92 Å². The molecule has 1 amide bonds. The monoisotopic (exact) mass is 389 g/mol. The number of aromatic nitrogens is 1. The molecular weight excluding hydrogens is 370 g/mol. The van der Waals surface area contributed by atoms with Crippen LogP contribution in [-0.4, -0.2) is 29.8 Å². The number of Topliss-reactive ketones (excluding diaryl/α,β-unsaturated/α-hetero) is 1. The molecule has 3 aromatic rings. The fourth-order valence-electron chi connectivity index (χ4n) is 2.58. The molecule has 0 aliphatic heterocycles. The van der Waals surface area contributed by atoms with Crippen LogP contribution in [0.3, 0.4) is 0 Å². The maximum Gasteiger partial charge on any atom is 0.337 e. The largest absolute Gasteiger partial charge is 0.465 e. The second-order valence-electron chi connectivity index (χ2n) is 6.22. The van der Waals surface area contributed by atoms with Crippen LogP contribution in [0.15, 0.2) is 66.9 Å². The van der Waals surface area contributed by atoms with Gasteiger partial charge in [0.1, 0.15) is 5.82 Å². The van der Waals surface area contributed by atoms with E-state index in [0.717, 1.165) is 0 Å². The van der Waals surface area contributed by atoms with Gasteiger partial charge in [-0.25, -0.2) is 9.78 Å². The molecule has 0 spiro atoms. The van der Waals surface area contributed by atoms with E-state index < -0.39 is 5.97 Å². The lowest BCUT2D eigenvalue weighted by molar-refractivity contribution is 0.0600. The molecule has 2 N–H and O–H groups in total.